The molecule has 0 saturated carbocycles. The van der Waals surface area contributed by atoms with Gasteiger partial charge in [0.05, 0.1) is 0 Å². The minimum atomic E-state index is 0.717. The van der Waals surface area contributed by atoms with Crippen LogP contribution in [0.5, 0.6) is 0 Å². The Morgan fingerprint density at radius 1 is 1.06 bits per heavy atom. The average Bonchev–Trinajstić information content (AvgIpc) is 2.28. The van der Waals surface area contributed by atoms with E-state index in [1.54, 1.807) is 5.57 Å². The molecule has 0 heterocycles. The summed E-state index contributed by atoms with van der Waals surface area (Å²) in [5, 5.41) is 3.79. The molecule has 1 aliphatic rings. The molecule has 0 aliphatic heterocycles. The lowest BCUT2D eigenvalue weighted by atomic mass is 9.94. The van der Waals surface area contributed by atoms with Gasteiger partial charge < -0.3 is 5.32 Å². The predicted molar refractivity (Wildman–Crippen MR) is 81.9 cm³/mol. The Morgan fingerprint density at radius 2 is 1.72 bits per heavy atom. The summed E-state index contributed by atoms with van der Waals surface area (Å²) >= 11 is 0. The SMILES string of the molecule is CC(C)CC(CC(C)C)NCCC1=CCCCC1. The van der Waals surface area contributed by atoms with Crippen LogP contribution < -0.4 is 5.32 Å². The summed E-state index contributed by atoms with van der Waals surface area (Å²) in [5.74, 6) is 1.60. The maximum Gasteiger partial charge on any atom is 0.00720 e. The third-order valence-electron chi connectivity index (χ3n) is 3.78. The van der Waals surface area contributed by atoms with Crippen molar-refractivity contribution in [1.82, 2.24) is 5.32 Å². The standard InChI is InChI=1S/C17H33N/c1-14(2)12-17(13-15(3)4)18-11-10-16-8-6-5-7-9-16/h8,14-15,17-18H,5-7,9-13H2,1-4H3. The lowest BCUT2D eigenvalue weighted by Crippen LogP contribution is -2.32. The van der Waals surface area contributed by atoms with Crippen LogP contribution in [-0.4, -0.2) is 12.6 Å². The second kappa shape index (κ2) is 8.74. The van der Waals surface area contributed by atoms with E-state index in [0.717, 1.165) is 11.8 Å². The molecular weight excluding hydrogens is 218 g/mol. The van der Waals surface area contributed by atoms with Crippen LogP contribution in [0.15, 0.2) is 11.6 Å². The highest BCUT2D eigenvalue weighted by atomic mass is 14.9. The minimum absolute atomic E-state index is 0.717. The number of hydrogen-bond acceptors (Lipinski definition) is 1. The Kier molecular flexibility index (Phi) is 7.65. The van der Waals surface area contributed by atoms with Gasteiger partial charge in [0.15, 0.2) is 0 Å². The van der Waals surface area contributed by atoms with Gasteiger partial charge in [-0.15, -0.1) is 0 Å². The smallest absolute Gasteiger partial charge is 0.00720 e. The lowest BCUT2D eigenvalue weighted by molar-refractivity contribution is 0.360. The van der Waals surface area contributed by atoms with Crippen molar-refractivity contribution < 1.29 is 0 Å². The quantitative estimate of drug-likeness (QED) is 0.603. The fourth-order valence-corrected chi connectivity index (χ4v) is 2.97. The van der Waals surface area contributed by atoms with Crippen LogP contribution >= 0.6 is 0 Å². The first-order valence-corrected chi connectivity index (χ1v) is 7.99. The number of allylic oxidation sites excluding steroid dienone is 1. The highest BCUT2D eigenvalue weighted by molar-refractivity contribution is 5.05. The molecule has 1 nitrogen and oxygen atoms in total. The highest BCUT2D eigenvalue weighted by Crippen LogP contribution is 2.20. The summed E-state index contributed by atoms with van der Waals surface area (Å²) in [6, 6.07) is 0.717. The zero-order chi connectivity index (χ0) is 13.4. The molecule has 0 radical (unpaired) electrons. The molecule has 1 aliphatic carbocycles. The topological polar surface area (TPSA) is 12.0 Å². The van der Waals surface area contributed by atoms with E-state index in [4.69, 9.17) is 0 Å². The summed E-state index contributed by atoms with van der Waals surface area (Å²) in [6.45, 7) is 10.5. The minimum Gasteiger partial charge on any atom is -0.314 e. The van der Waals surface area contributed by atoms with E-state index in [2.05, 4.69) is 39.1 Å². The van der Waals surface area contributed by atoms with Gasteiger partial charge in [-0.05, 0) is 63.3 Å². The molecule has 106 valence electrons. The van der Waals surface area contributed by atoms with Crippen LogP contribution in [0.3, 0.4) is 0 Å². The van der Waals surface area contributed by atoms with E-state index in [1.807, 2.05) is 0 Å². The molecule has 0 aromatic heterocycles. The monoisotopic (exact) mass is 251 g/mol. The molecule has 0 aromatic rings. The predicted octanol–water partition coefficient (Wildman–Crippen LogP) is 4.93. The van der Waals surface area contributed by atoms with Crippen LogP contribution in [0.2, 0.25) is 0 Å². The first-order chi connectivity index (χ1) is 8.58. The van der Waals surface area contributed by atoms with Crippen molar-refractivity contribution >= 4 is 0 Å². The van der Waals surface area contributed by atoms with Gasteiger partial charge in [0, 0.05) is 6.04 Å². The number of hydrogen-bond donors (Lipinski definition) is 1. The largest absolute Gasteiger partial charge is 0.314 e. The molecule has 0 unspecified atom stereocenters. The van der Waals surface area contributed by atoms with Crippen LogP contribution in [0.25, 0.3) is 0 Å². The highest BCUT2D eigenvalue weighted by Gasteiger charge is 2.12. The molecule has 1 N–H and O–H groups in total. The van der Waals surface area contributed by atoms with E-state index in [1.165, 1.54) is 51.5 Å². The third kappa shape index (κ3) is 7.20. The summed E-state index contributed by atoms with van der Waals surface area (Å²) in [5.41, 5.74) is 1.70. The normalized spacial score (nSPS) is 16.7. The molecule has 0 amide bonds. The molecule has 0 fully saturated rings. The van der Waals surface area contributed by atoms with Gasteiger partial charge in [-0.25, -0.2) is 0 Å². The fraction of sp³-hybridized carbons (Fsp3) is 0.882. The lowest BCUT2D eigenvalue weighted by Gasteiger charge is -2.23. The third-order valence-corrected chi connectivity index (χ3v) is 3.78. The molecule has 18 heavy (non-hydrogen) atoms. The fourth-order valence-electron chi connectivity index (χ4n) is 2.97. The molecule has 0 spiro atoms. The average molecular weight is 251 g/mol. The molecular formula is C17H33N. The Hall–Kier alpha value is -0.300. The number of rotatable bonds is 8. The van der Waals surface area contributed by atoms with E-state index < -0.39 is 0 Å². The molecule has 1 heteroatoms. The van der Waals surface area contributed by atoms with Crippen molar-refractivity contribution in [1.29, 1.82) is 0 Å². The summed E-state index contributed by atoms with van der Waals surface area (Å²) < 4.78 is 0. The second-order valence-electron chi connectivity index (χ2n) is 6.77. The van der Waals surface area contributed by atoms with Crippen LogP contribution in [0.1, 0.15) is 72.6 Å². The summed E-state index contributed by atoms with van der Waals surface area (Å²) in [4.78, 5) is 0. The first kappa shape index (κ1) is 15.8. The van der Waals surface area contributed by atoms with Crippen molar-refractivity contribution in [3.05, 3.63) is 11.6 Å². The Bertz CT molecular complexity index is 230. The Labute approximate surface area is 114 Å². The van der Waals surface area contributed by atoms with Crippen molar-refractivity contribution in [3.8, 4) is 0 Å². The van der Waals surface area contributed by atoms with Crippen LogP contribution in [0.4, 0.5) is 0 Å². The Morgan fingerprint density at radius 3 is 2.22 bits per heavy atom. The van der Waals surface area contributed by atoms with Crippen molar-refractivity contribution in [3.63, 3.8) is 0 Å². The van der Waals surface area contributed by atoms with Crippen molar-refractivity contribution in [2.24, 2.45) is 11.8 Å². The van der Waals surface area contributed by atoms with Gasteiger partial charge in [0.1, 0.15) is 0 Å². The van der Waals surface area contributed by atoms with Gasteiger partial charge in [0.2, 0.25) is 0 Å². The maximum atomic E-state index is 3.79. The van der Waals surface area contributed by atoms with Gasteiger partial charge in [-0.3, -0.25) is 0 Å². The first-order valence-electron chi connectivity index (χ1n) is 7.99. The molecule has 1 rings (SSSR count). The Balaban J connectivity index is 2.25. The zero-order valence-corrected chi connectivity index (χ0v) is 13.0. The van der Waals surface area contributed by atoms with Crippen molar-refractivity contribution in [2.75, 3.05) is 6.54 Å². The van der Waals surface area contributed by atoms with Crippen molar-refractivity contribution in [2.45, 2.75) is 78.7 Å². The molecule has 0 saturated heterocycles. The molecule has 0 bridgehead atoms. The van der Waals surface area contributed by atoms with E-state index in [0.29, 0.717) is 6.04 Å². The summed E-state index contributed by atoms with van der Waals surface area (Å²) in [6.07, 6.45) is 11.9. The van der Waals surface area contributed by atoms with E-state index in [9.17, 15) is 0 Å². The zero-order valence-electron chi connectivity index (χ0n) is 13.0. The van der Waals surface area contributed by atoms with Gasteiger partial charge in [-0.1, -0.05) is 39.3 Å². The maximum absolute atomic E-state index is 3.79. The van der Waals surface area contributed by atoms with Gasteiger partial charge in [0.25, 0.3) is 0 Å². The van der Waals surface area contributed by atoms with Gasteiger partial charge >= 0.3 is 0 Å². The van der Waals surface area contributed by atoms with Gasteiger partial charge in [-0.2, -0.15) is 0 Å². The summed E-state index contributed by atoms with van der Waals surface area (Å²) in [7, 11) is 0. The number of nitrogens with one attached hydrogen (secondary N) is 1. The molecule has 0 aromatic carbocycles. The second-order valence-corrected chi connectivity index (χ2v) is 6.77. The van der Waals surface area contributed by atoms with E-state index >= 15 is 0 Å². The van der Waals surface area contributed by atoms with Crippen LogP contribution in [0, 0.1) is 11.8 Å². The molecule has 0 atom stereocenters. The van der Waals surface area contributed by atoms with Crippen LogP contribution in [-0.2, 0) is 0 Å². The van der Waals surface area contributed by atoms with E-state index in [-0.39, 0.29) is 0 Å².